The van der Waals surface area contributed by atoms with Gasteiger partial charge >= 0.3 is 0 Å². The van der Waals surface area contributed by atoms with Gasteiger partial charge in [-0.1, -0.05) is 15.9 Å². The summed E-state index contributed by atoms with van der Waals surface area (Å²) in [4.78, 5) is 2.19. The highest BCUT2D eigenvalue weighted by Crippen LogP contribution is 2.25. The summed E-state index contributed by atoms with van der Waals surface area (Å²) in [6.07, 6.45) is 0.541. The van der Waals surface area contributed by atoms with Gasteiger partial charge in [-0.15, -0.1) is 0 Å². The quantitative estimate of drug-likeness (QED) is 0.780. The smallest absolute Gasteiger partial charge is 0.130 e. The number of anilines is 1. The fourth-order valence-electron chi connectivity index (χ4n) is 1.84. The van der Waals surface area contributed by atoms with Crippen molar-refractivity contribution in [3.05, 3.63) is 11.3 Å². The van der Waals surface area contributed by atoms with E-state index in [1.54, 1.807) is 0 Å². The van der Waals surface area contributed by atoms with E-state index in [2.05, 4.69) is 38.9 Å². The zero-order chi connectivity index (χ0) is 12.1. The lowest BCUT2D eigenvalue weighted by Crippen LogP contribution is -2.26. The molecule has 1 aromatic heterocycles. The van der Waals surface area contributed by atoms with Gasteiger partial charge in [-0.2, -0.15) is 10.4 Å². The van der Waals surface area contributed by atoms with E-state index in [0.717, 1.165) is 29.9 Å². The third-order valence-electron chi connectivity index (χ3n) is 2.62. The van der Waals surface area contributed by atoms with E-state index in [9.17, 15) is 0 Å². The van der Waals surface area contributed by atoms with Crippen LogP contribution in [0.1, 0.15) is 24.6 Å². The van der Waals surface area contributed by atoms with E-state index in [-0.39, 0.29) is 0 Å². The number of aryl methyl sites for hydroxylation is 2. The number of rotatable bonds is 5. The number of nitriles is 1. The maximum Gasteiger partial charge on any atom is 0.130 e. The lowest BCUT2D eigenvalue weighted by molar-refractivity contribution is 0.706. The standard InChI is InChI=1S/C11H17BrN4/c1-4-16(7-5-6-13)11-10(8-12)9(2)14-15(11)3/h4-5,7-8H2,1-3H3. The second-order valence-electron chi connectivity index (χ2n) is 3.63. The second-order valence-corrected chi connectivity index (χ2v) is 4.19. The van der Waals surface area contributed by atoms with Crippen molar-refractivity contribution in [2.45, 2.75) is 25.6 Å². The van der Waals surface area contributed by atoms with Gasteiger partial charge in [-0.3, -0.25) is 4.68 Å². The van der Waals surface area contributed by atoms with E-state index < -0.39 is 0 Å². The van der Waals surface area contributed by atoms with Gasteiger partial charge in [0.2, 0.25) is 0 Å². The summed E-state index contributed by atoms with van der Waals surface area (Å²) in [6, 6.07) is 2.18. The summed E-state index contributed by atoms with van der Waals surface area (Å²) in [5.74, 6) is 1.12. The molecule has 0 radical (unpaired) electrons. The van der Waals surface area contributed by atoms with Crippen LogP contribution in [0.3, 0.4) is 0 Å². The van der Waals surface area contributed by atoms with Crippen LogP contribution in [-0.2, 0) is 12.4 Å². The van der Waals surface area contributed by atoms with Gasteiger partial charge < -0.3 is 4.90 Å². The molecule has 5 heteroatoms. The van der Waals surface area contributed by atoms with E-state index in [4.69, 9.17) is 5.26 Å². The highest BCUT2D eigenvalue weighted by Gasteiger charge is 2.16. The first-order chi connectivity index (χ1) is 7.65. The van der Waals surface area contributed by atoms with Crippen LogP contribution in [0.2, 0.25) is 0 Å². The third-order valence-corrected chi connectivity index (χ3v) is 3.18. The molecule has 1 heterocycles. The summed E-state index contributed by atoms with van der Waals surface area (Å²) in [5, 5.41) is 13.9. The van der Waals surface area contributed by atoms with Crippen molar-refractivity contribution < 1.29 is 0 Å². The number of hydrogen-bond donors (Lipinski definition) is 0. The molecule has 0 aliphatic heterocycles. The Morgan fingerprint density at radius 1 is 1.56 bits per heavy atom. The zero-order valence-corrected chi connectivity index (χ0v) is 11.6. The molecule has 16 heavy (non-hydrogen) atoms. The van der Waals surface area contributed by atoms with Crippen LogP contribution in [0.25, 0.3) is 0 Å². The minimum Gasteiger partial charge on any atom is -0.356 e. The van der Waals surface area contributed by atoms with Crippen LogP contribution < -0.4 is 4.90 Å². The number of halogens is 1. The molecule has 0 spiro atoms. The Morgan fingerprint density at radius 3 is 2.75 bits per heavy atom. The molecule has 4 nitrogen and oxygen atoms in total. The molecule has 0 saturated carbocycles. The highest BCUT2D eigenvalue weighted by molar-refractivity contribution is 9.08. The first-order valence-corrected chi connectivity index (χ1v) is 6.48. The van der Waals surface area contributed by atoms with Crippen LogP contribution in [0, 0.1) is 18.3 Å². The van der Waals surface area contributed by atoms with E-state index in [1.807, 2.05) is 18.7 Å². The fraction of sp³-hybridized carbons (Fsp3) is 0.636. The molecule has 0 bridgehead atoms. The Labute approximate surface area is 105 Å². The molecular formula is C11H17BrN4. The third kappa shape index (κ3) is 2.56. The molecule has 88 valence electrons. The van der Waals surface area contributed by atoms with Crippen LogP contribution in [0.4, 0.5) is 5.82 Å². The molecule has 0 aliphatic carbocycles. The molecule has 0 fully saturated rings. The molecule has 0 saturated heterocycles. The number of aromatic nitrogens is 2. The SMILES string of the molecule is CCN(CCC#N)c1c(CBr)c(C)nn1C. The van der Waals surface area contributed by atoms with E-state index in [0.29, 0.717) is 6.42 Å². The first kappa shape index (κ1) is 13.0. The van der Waals surface area contributed by atoms with Gasteiger partial charge in [0, 0.05) is 31.0 Å². The lowest BCUT2D eigenvalue weighted by atomic mass is 10.2. The van der Waals surface area contributed by atoms with Crippen LogP contribution in [0.5, 0.6) is 0 Å². The predicted octanol–water partition coefficient (Wildman–Crippen LogP) is 2.36. The average Bonchev–Trinajstić information content (AvgIpc) is 2.55. The molecule has 0 amide bonds. The molecule has 0 aliphatic rings. The molecule has 0 N–H and O–H groups in total. The summed E-state index contributed by atoms with van der Waals surface area (Å²) in [7, 11) is 1.95. The van der Waals surface area contributed by atoms with Gasteiger partial charge in [-0.05, 0) is 13.8 Å². The van der Waals surface area contributed by atoms with Gasteiger partial charge in [-0.25, -0.2) is 0 Å². The Kier molecular flexibility index (Phi) is 4.81. The van der Waals surface area contributed by atoms with Gasteiger partial charge in [0.1, 0.15) is 5.82 Å². The van der Waals surface area contributed by atoms with Gasteiger partial charge in [0.25, 0.3) is 0 Å². The first-order valence-electron chi connectivity index (χ1n) is 5.36. The van der Waals surface area contributed by atoms with Crippen LogP contribution in [-0.4, -0.2) is 22.9 Å². The van der Waals surface area contributed by atoms with Crippen LogP contribution in [0.15, 0.2) is 0 Å². The zero-order valence-electron chi connectivity index (χ0n) is 10.00. The maximum atomic E-state index is 8.65. The van der Waals surface area contributed by atoms with Gasteiger partial charge in [0.05, 0.1) is 18.2 Å². The monoisotopic (exact) mass is 284 g/mol. The van der Waals surface area contributed by atoms with Crippen molar-refractivity contribution in [1.29, 1.82) is 5.26 Å². The van der Waals surface area contributed by atoms with Crippen molar-refractivity contribution in [1.82, 2.24) is 9.78 Å². The Morgan fingerprint density at radius 2 is 2.25 bits per heavy atom. The van der Waals surface area contributed by atoms with E-state index >= 15 is 0 Å². The molecule has 0 aromatic carbocycles. The number of alkyl halides is 1. The largest absolute Gasteiger partial charge is 0.356 e. The number of nitrogens with zero attached hydrogens (tertiary/aromatic N) is 4. The molecule has 1 aromatic rings. The van der Waals surface area contributed by atoms with Crippen molar-refractivity contribution in [3.8, 4) is 6.07 Å². The van der Waals surface area contributed by atoms with Crippen molar-refractivity contribution >= 4 is 21.7 Å². The molecule has 1 rings (SSSR count). The fourth-order valence-corrected chi connectivity index (χ4v) is 2.50. The van der Waals surface area contributed by atoms with Crippen molar-refractivity contribution in [3.63, 3.8) is 0 Å². The Bertz CT molecular complexity index is 391. The lowest BCUT2D eigenvalue weighted by Gasteiger charge is -2.23. The van der Waals surface area contributed by atoms with Crippen molar-refractivity contribution in [2.24, 2.45) is 7.05 Å². The normalized spacial score (nSPS) is 10.2. The summed E-state index contributed by atoms with van der Waals surface area (Å²) in [6.45, 7) is 5.75. The highest BCUT2D eigenvalue weighted by atomic mass is 79.9. The van der Waals surface area contributed by atoms with Crippen molar-refractivity contribution in [2.75, 3.05) is 18.0 Å². The van der Waals surface area contributed by atoms with E-state index in [1.165, 1.54) is 5.56 Å². The second kappa shape index (κ2) is 5.90. The van der Waals surface area contributed by atoms with Crippen LogP contribution >= 0.6 is 15.9 Å². The summed E-state index contributed by atoms with van der Waals surface area (Å²) < 4.78 is 1.90. The average molecular weight is 285 g/mol. The maximum absolute atomic E-state index is 8.65. The minimum absolute atomic E-state index is 0.541. The summed E-state index contributed by atoms with van der Waals surface area (Å²) >= 11 is 3.49. The minimum atomic E-state index is 0.541. The molecular weight excluding hydrogens is 268 g/mol. The topological polar surface area (TPSA) is 44.9 Å². The Hall–Kier alpha value is -1.02. The molecule has 0 unspecified atom stereocenters. The Balaban J connectivity index is 3.04. The van der Waals surface area contributed by atoms with Gasteiger partial charge in [0.15, 0.2) is 0 Å². The predicted molar refractivity (Wildman–Crippen MR) is 68.7 cm³/mol. The number of hydrogen-bond acceptors (Lipinski definition) is 3. The molecule has 0 atom stereocenters. The summed E-state index contributed by atoms with van der Waals surface area (Å²) in [5.41, 5.74) is 2.26.